The zero-order valence-corrected chi connectivity index (χ0v) is 8.53. The number of nitrogens with one attached hydrogen (secondary N) is 2. The Balaban J connectivity index is 2.02. The number of anilines is 1. The lowest BCUT2D eigenvalue weighted by Crippen LogP contribution is -1.99. The Kier molecular flexibility index (Phi) is 1.90. The van der Waals surface area contributed by atoms with E-state index in [1.807, 2.05) is 48.7 Å². The molecular weight excluding hydrogens is 200 g/mol. The molecule has 1 aromatic carbocycles. The van der Waals surface area contributed by atoms with Gasteiger partial charge in [0.05, 0.1) is 5.70 Å². The van der Waals surface area contributed by atoms with Gasteiger partial charge in [-0.15, -0.1) is 0 Å². The van der Waals surface area contributed by atoms with Crippen molar-refractivity contribution in [3.8, 4) is 0 Å². The molecule has 3 rings (SSSR count). The predicted octanol–water partition coefficient (Wildman–Crippen LogP) is 2.66. The summed E-state index contributed by atoms with van der Waals surface area (Å²) >= 11 is 0. The van der Waals surface area contributed by atoms with Gasteiger partial charge in [0.25, 0.3) is 0 Å². The van der Waals surface area contributed by atoms with Gasteiger partial charge in [0.15, 0.2) is 0 Å². The Morgan fingerprint density at radius 3 is 2.69 bits per heavy atom. The molecule has 0 radical (unpaired) electrons. The highest BCUT2D eigenvalue weighted by molar-refractivity contribution is 6.20. The minimum atomic E-state index is 0.0465. The maximum absolute atomic E-state index is 12.0. The fraction of sp³-hybridized carbons (Fsp3) is 0. The first-order valence-corrected chi connectivity index (χ1v) is 5.10. The van der Waals surface area contributed by atoms with Crippen molar-refractivity contribution in [1.29, 1.82) is 0 Å². The standard InChI is InChI=1S/C13H10N2O/c16-13-10-5-1-2-6-11(10)15-12(13)8-9-4-3-7-14-9/h1-8,14-15H/b12-8-. The highest BCUT2D eigenvalue weighted by Crippen LogP contribution is 2.28. The van der Waals surface area contributed by atoms with Gasteiger partial charge in [-0.2, -0.15) is 0 Å². The zero-order valence-electron chi connectivity index (χ0n) is 8.53. The number of aromatic nitrogens is 1. The fourth-order valence-corrected chi connectivity index (χ4v) is 1.83. The second kappa shape index (κ2) is 3.38. The van der Waals surface area contributed by atoms with Gasteiger partial charge in [-0.1, -0.05) is 12.1 Å². The molecule has 1 aliphatic heterocycles. The molecule has 0 saturated carbocycles. The van der Waals surface area contributed by atoms with Crippen LogP contribution in [0.5, 0.6) is 0 Å². The van der Waals surface area contributed by atoms with E-state index in [9.17, 15) is 4.79 Å². The molecule has 3 nitrogen and oxygen atoms in total. The lowest BCUT2D eigenvalue weighted by Gasteiger charge is -1.96. The Labute approximate surface area is 92.8 Å². The number of para-hydroxylation sites is 1. The molecular formula is C13H10N2O. The number of benzene rings is 1. The molecule has 0 atom stereocenters. The molecule has 0 bridgehead atoms. The van der Waals surface area contributed by atoms with Gasteiger partial charge in [0.1, 0.15) is 0 Å². The van der Waals surface area contributed by atoms with Crippen LogP contribution in [0, 0.1) is 0 Å². The summed E-state index contributed by atoms with van der Waals surface area (Å²) in [6.45, 7) is 0. The van der Waals surface area contributed by atoms with Gasteiger partial charge < -0.3 is 10.3 Å². The van der Waals surface area contributed by atoms with E-state index in [2.05, 4.69) is 10.3 Å². The molecule has 0 aliphatic carbocycles. The van der Waals surface area contributed by atoms with E-state index >= 15 is 0 Å². The molecule has 0 fully saturated rings. The molecule has 1 aliphatic rings. The summed E-state index contributed by atoms with van der Waals surface area (Å²) < 4.78 is 0. The van der Waals surface area contributed by atoms with Gasteiger partial charge in [-0.05, 0) is 30.3 Å². The molecule has 16 heavy (non-hydrogen) atoms. The number of H-pyrrole nitrogens is 1. The summed E-state index contributed by atoms with van der Waals surface area (Å²) in [5.74, 6) is 0.0465. The molecule has 2 heterocycles. The van der Waals surface area contributed by atoms with Gasteiger partial charge in [0, 0.05) is 23.1 Å². The first-order chi connectivity index (χ1) is 7.84. The van der Waals surface area contributed by atoms with Gasteiger partial charge >= 0.3 is 0 Å². The number of carbonyl (C=O) groups excluding carboxylic acids is 1. The Morgan fingerprint density at radius 2 is 1.94 bits per heavy atom. The summed E-state index contributed by atoms with van der Waals surface area (Å²) in [5, 5.41) is 3.11. The van der Waals surface area contributed by atoms with Crippen molar-refractivity contribution >= 4 is 17.5 Å². The predicted molar refractivity (Wildman–Crippen MR) is 63.2 cm³/mol. The lowest BCUT2D eigenvalue weighted by atomic mass is 10.1. The fourth-order valence-electron chi connectivity index (χ4n) is 1.83. The average Bonchev–Trinajstić information content (AvgIpc) is 2.90. The number of hydrogen-bond acceptors (Lipinski definition) is 2. The van der Waals surface area contributed by atoms with Crippen molar-refractivity contribution in [2.45, 2.75) is 0 Å². The lowest BCUT2D eigenvalue weighted by molar-refractivity contribution is 0.104. The first kappa shape index (κ1) is 8.97. The Morgan fingerprint density at radius 1 is 1.06 bits per heavy atom. The molecule has 1 aromatic heterocycles. The van der Waals surface area contributed by atoms with E-state index in [0.29, 0.717) is 5.70 Å². The molecule has 0 saturated heterocycles. The molecule has 3 heteroatoms. The summed E-state index contributed by atoms with van der Waals surface area (Å²) in [7, 11) is 0. The molecule has 0 amide bonds. The second-order valence-electron chi connectivity index (χ2n) is 3.68. The van der Waals surface area contributed by atoms with E-state index in [0.717, 1.165) is 16.9 Å². The van der Waals surface area contributed by atoms with Crippen molar-refractivity contribution in [3.05, 3.63) is 59.5 Å². The van der Waals surface area contributed by atoms with Gasteiger partial charge in [-0.25, -0.2) is 0 Å². The van der Waals surface area contributed by atoms with Crippen LogP contribution in [0.3, 0.4) is 0 Å². The van der Waals surface area contributed by atoms with Crippen LogP contribution in [0.15, 0.2) is 48.3 Å². The number of Topliss-reactive ketones (excluding diaryl/α,β-unsaturated/α-hetero) is 1. The van der Waals surface area contributed by atoms with E-state index in [4.69, 9.17) is 0 Å². The van der Waals surface area contributed by atoms with E-state index in [-0.39, 0.29) is 5.78 Å². The van der Waals surface area contributed by atoms with Crippen LogP contribution in [0.4, 0.5) is 5.69 Å². The maximum Gasteiger partial charge on any atom is 0.211 e. The topological polar surface area (TPSA) is 44.9 Å². The molecule has 0 spiro atoms. The molecule has 78 valence electrons. The summed E-state index contributed by atoms with van der Waals surface area (Å²) in [6, 6.07) is 11.3. The smallest absolute Gasteiger partial charge is 0.211 e. The third-order valence-electron chi connectivity index (χ3n) is 2.61. The number of aromatic amines is 1. The first-order valence-electron chi connectivity index (χ1n) is 5.10. The van der Waals surface area contributed by atoms with Crippen molar-refractivity contribution in [2.24, 2.45) is 0 Å². The minimum Gasteiger partial charge on any atom is -0.362 e. The largest absolute Gasteiger partial charge is 0.362 e. The summed E-state index contributed by atoms with van der Waals surface area (Å²) in [5.41, 5.74) is 3.15. The van der Waals surface area contributed by atoms with Crippen LogP contribution >= 0.6 is 0 Å². The summed E-state index contributed by atoms with van der Waals surface area (Å²) in [4.78, 5) is 15.0. The van der Waals surface area contributed by atoms with Crippen molar-refractivity contribution in [3.63, 3.8) is 0 Å². The minimum absolute atomic E-state index is 0.0465. The summed E-state index contributed by atoms with van der Waals surface area (Å²) in [6.07, 6.45) is 3.65. The number of carbonyl (C=O) groups is 1. The second-order valence-corrected chi connectivity index (χ2v) is 3.68. The third-order valence-corrected chi connectivity index (χ3v) is 2.61. The van der Waals surface area contributed by atoms with Crippen LogP contribution in [0.2, 0.25) is 0 Å². The molecule has 2 N–H and O–H groups in total. The number of ketones is 1. The van der Waals surface area contributed by atoms with Gasteiger partial charge in [0.2, 0.25) is 5.78 Å². The number of allylic oxidation sites excluding steroid dienone is 1. The van der Waals surface area contributed by atoms with E-state index in [1.165, 1.54) is 0 Å². The number of rotatable bonds is 1. The van der Waals surface area contributed by atoms with Crippen LogP contribution in [0.25, 0.3) is 6.08 Å². The zero-order chi connectivity index (χ0) is 11.0. The Hall–Kier alpha value is -2.29. The molecule has 0 unspecified atom stereocenters. The number of fused-ring (bicyclic) bond motifs is 1. The van der Waals surface area contributed by atoms with Crippen LogP contribution in [0.1, 0.15) is 16.1 Å². The van der Waals surface area contributed by atoms with Crippen LogP contribution in [-0.4, -0.2) is 10.8 Å². The van der Waals surface area contributed by atoms with Crippen LogP contribution in [-0.2, 0) is 0 Å². The van der Waals surface area contributed by atoms with Crippen molar-refractivity contribution in [1.82, 2.24) is 4.98 Å². The SMILES string of the molecule is O=C1/C(=C/c2ccc[nH]2)Nc2ccccc21. The molecule has 2 aromatic rings. The van der Waals surface area contributed by atoms with Crippen molar-refractivity contribution in [2.75, 3.05) is 5.32 Å². The van der Waals surface area contributed by atoms with E-state index in [1.54, 1.807) is 0 Å². The number of hydrogen-bond donors (Lipinski definition) is 2. The maximum atomic E-state index is 12.0. The van der Waals surface area contributed by atoms with Gasteiger partial charge in [-0.3, -0.25) is 4.79 Å². The third kappa shape index (κ3) is 1.34. The van der Waals surface area contributed by atoms with E-state index < -0.39 is 0 Å². The normalized spacial score (nSPS) is 16.2. The quantitative estimate of drug-likeness (QED) is 0.711. The monoisotopic (exact) mass is 210 g/mol. The highest BCUT2D eigenvalue weighted by atomic mass is 16.1. The Bertz CT molecular complexity index is 567. The van der Waals surface area contributed by atoms with Crippen molar-refractivity contribution < 1.29 is 4.79 Å². The highest BCUT2D eigenvalue weighted by Gasteiger charge is 2.23. The average molecular weight is 210 g/mol. The van der Waals surface area contributed by atoms with Crippen LogP contribution < -0.4 is 5.32 Å².